The molecule has 1 heterocycles. The highest BCUT2D eigenvalue weighted by Gasteiger charge is 2.09. The summed E-state index contributed by atoms with van der Waals surface area (Å²) in [6.45, 7) is 0.740. The smallest absolute Gasteiger partial charge is 0.326 e. The summed E-state index contributed by atoms with van der Waals surface area (Å²) < 4.78 is 2.27. The lowest BCUT2D eigenvalue weighted by molar-refractivity contribution is 0.0952. The molecule has 0 radical (unpaired) electrons. The predicted molar refractivity (Wildman–Crippen MR) is 94.0 cm³/mol. The highest BCUT2D eigenvalue weighted by molar-refractivity contribution is 9.10. The van der Waals surface area contributed by atoms with Crippen LogP contribution in [-0.2, 0) is 6.54 Å². The SMILES string of the molecule is O=C(NCCn1c(=O)[nH]c2ccccc21)c1ccc(Cl)c(Br)c1. The molecule has 0 spiro atoms. The normalized spacial score (nSPS) is 10.9. The van der Waals surface area contributed by atoms with Gasteiger partial charge in [-0.15, -0.1) is 0 Å². The molecule has 0 aliphatic carbocycles. The van der Waals surface area contributed by atoms with E-state index in [-0.39, 0.29) is 11.6 Å². The Balaban J connectivity index is 1.69. The van der Waals surface area contributed by atoms with Gasteiger partial charge in [0.2, 0.25) is 0 Å². The summed E-state index contributed by atoms with van der Waals surface area (Å²) in [7, 11) is 0. The third kappa shape index (κ3) is 3.33. The highest BCUT2D eigenvalue weighted by Crippen LogP contribution is 2.23. The molecule has 3 aromatic rings. The number of nitrogens with one attached hydrogen (secondary N) is 2. The molecule has 23 heavy (non-hydrogen) atoms. The van der Waals surface area contributed by atoms with Gasteiger partial charge in [-0.2, -0.15) is 0 Å². The zero-order chi connectivity index (χ0) is 16.4. The van der Waals surface area contributed by atoms with E-state index in [0.717, 1.165) is 11.0 Å². The van der Waals surface area contributed by atoms with Crippen molar-refractivity contribution in [1.29, 1.82) is 0 Å². The largest absolute Gasteiger partial charge is 0.350 e. The molecule has 3 rings (SSSR count). The molecule has 7 heteroatoms. The lowest BCUT2D eigenvalue weighted by Crippen LogP contribution is -2.30. The molecule has 2 N–H and O–H groups in total. The highest BCUT2D eigenvalue weighted by atomic mass is 79.9. The van der Waals surface area contributed by atoms with Gasteiger partial charge in [-0.05, 0) is 46.3 Å². The molecule has 2 aromatic carbocycles. The number of rotatable bonds is 4. The Morgan fingerprint density at radius 3 is 2.83 bits per heavy atom. The summed E-state index contributed by atoms with van der Waals surface area (Å²) in [5.74, 6) is -0.213. The Hall–Kier alpha value is -2.05. The minimum absolute atomic E-state index is 0.185. The molecular weight excluding hydrogens is 382 g/mol. The quantitative estimate of drug-likeness (QED) is 0.714. The van der Waals surface area contributed by atoms with Crippen molar-refractivity contribution in [2.75, 3.05) is 6.54 Å². The number of halogens is 2. The number of carbonyl (C=O) groups excluding carboxylic acids is 1. The lowest BCUT2D eigenvalue weighted by atomic mass is 10.2. The molecule has 118 valence electrons. The number of amides is 1. The van der Waals surface area contributed by atoms with Crippen LogP contribution in [0.15, 0.2) is 51.7 Å². The van der Waals surface area contributed by atoms with Gasteiger partial charge in [0, 0.05) is 23.1 Å². The van der Waals surface area contributed by atoms with Crippen molar-refractivity contribution in [2.45, 2.75) is 6.54 Å². The number of aromatic nitrogens is 2. The van der Waals surface area contributed by atoms with Gasteiger partial charge in [-0.3, -0.25) is 9.36 Å². The molecule has 0 fully saturated rings. The Kier molecular flexibility index (Phi) is 4.54. The van der Waals surface area contributed by atoms with Gasteiger partial charge in [-0.25, -0.2) is 4.79 Å². The van der Waals surface area contributed by atoms with E-state index in [4.69, 9.17) is 11.6 Å². The maximum Gasteiger partial charge on any atom is 0.326 e. The van der Waals surface area contributed by atoms with E-state index in [1.165, 1.54) is 0 Å². The van der Waals surface area contributed by atoms with Crippen molar-refractivity contribution in [3.63, 3.8) is 0 Å². The minimum atomic E-state index is -0.213. The fraction of sp³-hybridized carbons (Fsp3) is 0.125. The third-order valence-corrected chi connectivity index (χ3v) is 4.70. The Labute approximate surface area is 145 Å². The molecule has 0 aliphatic rings. The first-order valence-corrected chi connectivity index (χ1v) is 8.14. The number of para-hydroxylation sites is 2. The molecule has 0 atom stereocenters. The van der Waals surface area contributed by atoms with Crippen molar-refractivity contribution < 1.29 is 4.79 Å². The molecular formula is C16H13BrClN3O2. The second-order valence-electron chi connectivity index (χ2n) is 4.98. The Morgan fingerprint density at radius 1 is 1.26 bits per heavy atom. The van der Waals surface area contributed by atoms with Gasteiger partial charge in [0.05, 0.1) is 16.1 Å². The number of fused-ring (bicyclic) bond motifs is 1. The maximum absolute atomic E-state index is 12.1. The van der Waals surface area contributed by atoms with Crippen LogP contribution < -0.4 is 11.0 Å². The van der Waals surface area contributed by atoms with Gasteiger partial charge in [0.25, 0.3) is 5.91 Å². The number of hydrogen-bond donors (Lipinski definition) is 2. The zero-order valence-electron chi connectivity index (χ0n) is 12.0. The van der Waals surface area contributed by atoms with Gasteiger partial charge in [0.1, 0.15) is 0 Å². The maximum atomic E-state index is 12.1. The van der Waals surface area contributed by atoms with Gasteiger partial charge in [-0.1, -0.05) is 23.7 Å². The van der Waals surface area contributed by atoms with Crippen LogP contribution in [0.4, 0.5) is 0 Å². The fourth-order valence-electron chi connectivity index (χ4n) is 2.35. The van der Waals surface area contributed by atoms with Crippen LogP contribution in [0.1, 0.15) is 10.4 Å². The van der Waals surface area contributed by atoms with Crippen LogP contribution >= 0.6 is 27.5 Å². The zero-order valence-corrected chi connectivity index (χ0v) is 14.3. The van der Waals surface area contributed by atoms with E-state index in [0.29, 0.717) is 28.1 Å². The van der Waals surface area contributed by atoms with Crippen LogP contribution in [0.3, 0.4) is 0 Å². The fourth-order valence-corrected chi connectivity index (χ4v) is 2.85. The summed E-state index contributed by atoms with van der Waals surface area (Å²) in [5, 5.41) is 3.35. The first-order valence-electron chi connectivity index (χ1n) is 6.97. The van der Waals surface area contributed by atoms with Gasteiger partial charge >= 0.3 is 5.69 Å². The molecule has 0 saturated carbocycles. The number of hydrogen-bond acceptors (Lipinski definition) is 2. The minimum Gasteiger partial charge on any atom is -0.350 e. The lowest BCUT2D eigenvalue weighted by Gasteiger charge is -2.07. The van der Waals surface area contributed by atoms with Crippen LogP contribution in [-0.4, -0.2) is 22.0 Å². The average Bonchev–Trinajstić information content (AvgIpc) is 2.86. The number of H-pyrrole nitrogens is 1. The standard InChI is InChI=1S/C16H13BrClN3O2/c17-11-9-10(5-6-12(11)18)15(22)19-7-8-21-14-4-2-1-3-13(14)20-16(21)23/h1-6,9H,7-8H2,(H,19,22)(H,20,23). The molecule has 0 unspecified atom stereocenters. The number of benzene rings is 2. The van der Waals surface area contributed by atoms with E-state index in [2.05, 4.69) is 26.2 Å². The summed E-state index contributed by atoms with van der Waals surface area (Å²) in [4.78, 5) is 26.8. The first-order chi connectivity index (χ1) is 11.1. The van der Waals surface area contributed by atoms with E-state index in [9.17, 15) is 9.59 Å². The third-order valence-electron chi connectivity index (χ3n) is 3.48. The van der Waals surface area contributed by atoms with Crippen LogP contribution in [0.2, 0.25) is 5.02 Å². The number of carbonyl (C=O) groups is 1. The van der Waals surface area contributed by atoms with Crippen LogP contribution in [0.25, 0.3) is 11.0 Å². The Morgan fingerprint density at radius 2 is 2.04 bits per heavy atom. The van der Waals surface area contributed by atoms with Gasteiger partial charge in [0.15, 0.2) is 0 Å². The topological polar surface area (TPSA) is 66.9 Å². The monoisotopic (exact) mass is 393 g/mol. The summed E-state index contributed by atoms with van der Waals surface area (Å²) in [5.41, 5.74) is 1.92. The second kappa shape index (κ2) is 6.60. The molecule has 0 bridgehead atoms. The predicted octanol–water partition coefficient (Wildman–Crippen LogP) is 3.18. The van der Waals surface area contributed by atoms with Crippen molar-refractivity contribution in [3.8, 4) is 0 Å². The summed E-state index contributed by atoms with van der Waals surface area (Å²) in [6, 6.07) is 12.4. The van der Waals surface area contributed by atoms with E-state index < -0.39 is 0 Å². The molecule has 0 aliphatic heterocycles. The second-order valence-corrected chi connectivity index (χ2v) is 6.25. The average molecular weight is 395 g/mol. The van der Waals surface area contributed by atoms with Crippen LogP contribution in [0.5, 0.6) is 0 Å². The van der Waals surface area contributed by atoms with Crippen molar-refractivity contribution in [3.05, 3.63) is 68.0 Å². The molecule has 0 saturated heterocycles. The number of aromatic amines is 1. The molecule has 1 amide bonds. The van der Waals surface area contributed by atoms with E-state index in [1.807, 2.05) is 24.3 Å². The van der Waals surface area contributed by atoms with Crippen molar-refractivity contribution in [1.82, 2.24) is 14.9 Å². The Bertz CT molecular complexity index is 932. The molecule has 5 nitrogen and oxygen atoms in total. The summed E-state index contributed by atoms with van der Waals surface area (Å²) in [6.07, 6.45) is 0. The number of imidazole rings is 1. The summed E-state index contributed by atoms with van der Waals surface area (Å²) >= 11 is 9.20. The first kappa shape index (κ1) is 15.8. The number of nitrogens with zero attached hydrogens (tertiary/aromatic N) is 1. The van der Waals surface area contributed by atoms with E-state index in [1.54, 1.807) is 22.8 Å². The molecule has 1 aromatic heterocycles. The van der Waals surface area contributed by atoms with Crippen molar-refractivity contribution >= 4 is 44.5 Å². The van der Waals surface area contributed by atoms with Crippen molar-refractivity contribution in [2.24, 2.45) is 0 Å². The van der Waals surface area contributed by atoms with Crippen LogP contribution in [0, 0.1) is 0 Å². The van der Waals surface area contributed by atoms with E-state index >= 15 is 0 Å². The van der Waals surface area contributed by atoms with Gasteiger partial charge < -0.3 is 10.3 Å².